The van der Waals surface area contributed by atoms with Crippen molar-refractivity contribution in [3.63, 3.8) is 0 Å². The molecule has 3 heterocycles. The van der Waals surface area contributed by atoms with Crippen LogP contribution in [0.4, 0.5) is 10.5 Å². The third-order valence-corrected chi connectivity index (χ3v) is 12.7. The number of fused-ring (bicyclic) bond motifs is 2. The molecule has 1 amide bonds. The third-order valence-electron chi connectivity index (χ3n) is 12.7. The number of aryl methyl sites for hydroxylation is 1. The van der Waals surface area contributed by atoms with Crippen molar-refractivity contribution < 1.29 is 48.5 Å². The van der Waals surface area contributed by atoms with E-state index < -0.39 is 35.1 Å². The average molecular weight is 883 g/mol. The number of nitro groups is 1. The van der Waals surface area contributed by atoms with Gasteiger partial charge in [0.15, 0.2) is 0 Å². The summed E-state index contributed by atoms with van der Waals surface area (Å²) in [6.07, 6.45) is 10.5. The van der Waals surface area contributed by atoms with Crippen LogP contribution in [0.25, 0.3) is 0 Å². The van der Waals surface area contributed by atoms with Crippen molar-refractivity contribution in [1.82, 2.24) is 9.88 Å². The largest absolute Gasteiger partial charge is 0.487 e. The number of pyridine rings is 1. The molecule has 15 heteroatoms. The number of nitro benzene ring substituents is 1. The van der Waals surface area contributed by atoms with Crippen LogP contribution in [-0.2, 0) is 20.9 Å². The fraction of sp³-hybridized carbons (Fsp3) is 0.531. The molecule has 7 rings (SSSR count). The van der Waals surface area contributed by atoms with Crippen molar-refractivity contribution in [2.24, 2.45) is 22.9 Å². The van der Waals surface area contributed by atoms with Crippen LogP contribution in [0.2, 0.25) is 0 Å². The van der Waals surface area contributed by atoms with Gasteiger partial charge in [0.05, 0.1) is 35.5 Å². The number of aliphatic hydroxyl groups is 2. The van der Waals surface area contributed by atoms with E-state index in [9.17, 15) is 25.1 Å². The number of benzene rings is 2. The molecule has 0 spiro atoms. The minimum absolute atomic E-state index is 0.0105. The van der Waals surface area contributed by atoms with Crippen LogP contribution < -0.4 is 14.2 Å². The molecular weight excluding hydrogens is 821 g/mol. The molecule has 1 saturated heterocycles. The molecule has 0 bridgehead atoms. The summed E-state index contributed by atoms with van der Waals surface area (Å²) >= 11 is 0. The van der Waals surface area contributed by atoms with Gasteiger partial charge in [-0.25, -0.2) is 4.79 Å². The van der Waals surface area contributed by atoms with Gasteiger partial charge < -0.3 is 38.7 Å². The average Bonchev–Trinajstić information content (AvgIpc) is 3.30. The van der Waals surface area contributed by atoms with Crippen LogP contribution in [0, 0.1) is 34.8 Å². The smallest absolute Gasteiger partial charge is 0.415 e. The molecule has 15 nitrogen and oxygen atoms in total. The highest BCUT2D eigenvalue weighted by atomic mass is 16.8. The standard InChI is InChI=1S/C49H62N4O11/c1-4-24-52(48(56)62-37-20-18-36(19-21-37)53(57)58)44-31-42(51-64-45-17-8-11-28-59-45)40-29-34(14-6-9-25-54)39(16-7-10-26-55)46-41-30-38(60-32-35-15-12-13-33(3)50-35)22-23-43(41)63-49(44,47(40)46)61-27-5-2/h5,12-13,15,18-23,29-30,34,39,44-47,54-55H,2,4,6-11,14,16-17,24-28,31-32H2,1,3H3. The Bertz CT molecular complexity index is 2120. The maximum atomic E-state index is 14.7. The van der Waals surface area contributed by atoms with Crippen LogP contribution in [0.15, 0.2) is 90.1 Å². The van der Waals surface area contributed by atoms with Gasteiger partial charge in [-0.05, 0) is 112 Å². The molecule has 2 fully saturated rings. The van der Waals surface area contributed by atoms with E-state index in [2.05, 4.69) is 23.7 Å². The lowest BCUT2D eigenvalue weighted by Crippen LogP contribution is -2.70. The van der Waals surface area contributed by atoms with E-state index in [-0.39, 0.29) is 68.6 Å². The number of amides is 1. The lowest BCUT2D eigenvalue weighted by molar-refractivity contribution is -0.384. The fourth-order valence-electron chi connectivity index (χ4n) is 9.90. The van der Waals surface area contributed by atoms with Gasteiger partial charge in [-0.3, -0.25) is 20.0 Å². The summed E-state index contributed by atoms with van der Waals surface area (Å²) in [5, 5.41) is 36.3. The number of ether oxygens (including phenoxy) is 5. The van der Waals surface area contributed by atoms with Gasteiger partial charge in [0, 0.05) is 61.9 Å². The van der Waals surface area contributed by atoms with Gasteiger partial charge in [-0.2, -0.15) is 0 Å². The highest BCUT2D eigenvalue weighted by Crippen LogP contribution is 2.62. The number of oxime groups is 1. The predicted octanol–water partition coefficient (Wildman–Crippen LogP) is 8.95. The zero-order chi connectivity index (χ0) is 45.1. The number of aromatic nitrogens is 1. The Kier molecular flexibility index (Phi) is 16.1. The van der Waals surface area contributed by atoms with E-state index in [1.54, 1.807) is 11.0 Å². The van der Waals surface area contributed by atoms with Crippen molar-refractivity contribution in [3.05, 3.63) is 112 Å². The summed E-state index contributed by atoms with van der Waals surface area (Å²) in [7, 11) is 0. The van der Waals surface area contributed by atoms with Gasteiger partial charge in [0.1, 0.15) is 29.9 Å². The van der Waals surface area contributed by atoms with Crippen LogP contribution >= 0.6 is 0 Å². The first-order chi connectivity index (χ1) is 31.2. The second-order valence-corrected chi connectivity index (χ2v) is 17.0. The van der Waals surface area contributed by atoms with Crippen molar-refractivity contribution in [2.75, 3.05) is 33.0 Å². The number of hydrogen-bond donors (Lipinski definition) is 2. The zero-order valence-corrected chi connectivity index (χ0v) is 37.0. The van der Waals surface area contributed by atoms with Gasteiger partial charge in [0.2, 0.25) is 12.1 Å². The number of rotatable bonds is 21. The molecule has 2 aliphatic carbocycles. The monoisotopic (exact) mass is 882 g/mol. The SMILES string of the molecule is C=CCOC12Oc3ccc(OCc4cccc(C)n4)cc3C3C(CCCCO)C(CCCCO)C=C(C(=NOC4CCCCO4)CC1N(CCC)C(=O)Oc1ccc([N+](=O)[O-])cc1)C32. The van der Waals surface area contributed by atoms with Crippen molar-refractivity contribution >= 4 is 17.5 Å². The number of carbonyl (C=O) groups is 1. The molecule has 1 saturated carbocycles. The molecule has 0 radical (unpaired) electrons. The normalized spacial score (nSPS) is 25.2. The first kappa shape index (κ1) is 46.6. The number of unbranched alkanes of at least 4 members (excludes halogenated alkanes) is 2. The second-order valence-electron chi connectivity index (χ2n) is 17.0. The van der Waals surface area contributed by atoms with Crippen LogP contribution in [0.1, 0.15) is 100 Å². The Morgan fingerprint density at radius 3 is 2.55 bits per heavy atom. The fourth-order valence-corrected chi connectivity index (χ4v) is 9.90. The summed E-state index contributed by atoms with van der Waals surface area (Å²) in [6.45, 7) is 9.27. The molecule has 1 aromatic heterocycles. The molecular formula is C49H62N4O11. The van der Waals surface area contributed by atoms with Gasteiger partial charge in [-0.1, -0.05) is 43.1 Å². The molecule has 7 unspecified atom stereocenters. The third kappa shape index (κ3) is 10.6. The number of hydrogen-bond acceptors (Lipinski definition) is 13. The molecule has 4 aliphatic rings. The number of non-ortho nitro benzene ring substituents is 1. The van der Waals surface area contributed by atoms with E-state index in [0.29, 0.717) is 49.5 Å². The van der Waals surface area contributed by atoms with E-state index in [1.165, 1.54) is 24.3 Å². The number of carbonyl (C=O) groups excluding carboxylic acids is 1. The highest BCUT2D eigenvalue weighted by Gasteiger charge is 2.65. The minimum atomic E-state index is -1.50. The summed E-state index contributed by atoms with van der Waals surface area (Å²) in [5.74, 6) is -0.873. The lowest BCUT2D eigenvalue weighted by Gasteiger charge is -2.59. The van der Waals surface area contributed by atoms with Crippen LogP contribution in [0.5, 0.6) is 17.2 Å². The van der Waals surface area contributed by atoms with Gasteiger partial charge in [0.25, 0.3) is 5.69 Å². The molecule has 3 aromatic rings. The van der Waals surface area contributed by atoms with E-state index in [1.807, 2.05) is 44.2 Å². The van der Waals surface area contributed by atoms with Crippen molar-refractivity contribution in [2.45, 2.75) is 115 Å². The molecule has 7 atom stereocenters. The maximum Gasteiger partial charge on any atom is 0.415 e. The Balaban J connectivity index is 1.40. The Labute approximate surface area is 375 Å². The lowest BCUT2D eigenvalue weighted by atomic mass is 9.55. The van der Waals surface area contributed by atoms with Crippen LogP contribution in [-0.4, -0.2) is 87.9 Å². The Morgan fingerprint density at radius 2 is 1.84 bits per heavy atom. The molecule has 64 heavy (non-hydrogen) atoms. The maximum absolute atomic E-state index is 14.7. The molecule has 2 aliphatic heterocycles. The van der Waals surface area contributed by atoms with Gasteiger partial charge >= 0.3 is 6.09 Å². The summed E-state index contributed by atoms with van der Waals surface area (Å²) in [4.78, 5) is 38.1. The first-order valence-corrected chi connectivity index (χ1v) is 22.8. The summed E-state index contributed by atoms with van der Waals surface area (Å²) in [5.41, 5.74) is 4.03. The topological polar surface area (TPSA) is 185 Å². The van der Waals surface area contributed by atoms with Crippen molar-refractivity contribution in [3.8, 4) is 17.2 Å². The predicted molar refractivity (Wildman–Crippen MR) is 239 cm³/mol. The van der Waals surface area contributed by atoms with Crippen molar-refractivity contribution in [1.29, 1.82) is 0 Å². The summed E-state index contributed by atoms with van der Waals surface area (Å²) in [6, 6.07) is 16.3. The second kappa shape index (κ2) is 22.0. The van der Waals surface area contributed by atoms with E-state index in [0.717, 1.165) is 61.0 Å². The van der Waals surface area contributed by atoms with E-state index >= 15 is 0 Å². The number of aliphatic hydroxyl groups excluding tert-OH is 2. The molecule has 2 aromatic carbocycles. The molecule has 344 valence electrons. The Hall–Kier alpha value is -5.35. The number of allylic oxidation sites excluding steroid dienone is 1. The zero-order valence-electron chi connectivity index (χ0n) is 37.0. The highest BCUT2D eigenvalue weighted by molar-refractivity contribution is 6.03. The first-order valence-electron chi connectivity index (χ1n) is 22.8. The molecule has 2 N–H and O–H groups in total. The minimum Gasteiger partial charge on any atom is -0.487 e. The quantitative estimate of drug-likeness (QED) is 0.0449. The van der Waals surface area contributed by atoms with Gasteiger partial charge in [-0.15, -0.1) is 6.58 Å². The van der Waals surface area contributed by atoms with Crippen LogP contribution in [0.3, 0.4) is 0 Å². The number of nitrogens with zero attached hydrogens (tertiary/aromatic N) is 4. The van der Waals surface area contributed by atoms with E-state index in [4.69, 9.17) is 33.7 Å². The summed E-state index contributed by atoms with van der Waals surface area (Å²) < 4.78 is 32.8. The Morgan fingerprint density at radius 1 is 1.06 bits per heavy atom.